The number of amides is 1. The van der Waals surface area contributed by atoms with Crippen LogP contribution in [0.4, 0.5) is 0 Å². The minimum absolute atomic E-state index is 0.0636. The Labute approximate surface area is 233 Å². The Morgan fingerprint density at radius 2 is 1.56 bits per heavy atom. The third-order valence-corrected chi connectivity index (χ3v) is 7.51. The lowest BCUT2D eigenvalue weighted by Gasteiger charge is -2.12. The normalized spacial score (nSPS) is 12.1. The monoisotopic (exact) mass is 535 g/mol. The molecule has 1 aromatic heterocycles. The maximum atomic E-state index is 12.0. The molecule has 7 nitrogen and oxygen atoms in total. The molecule has 1 heterocycles. The molecule has 1 atom stereocenters. The number of fused-ring (bicyclic) bond motifs is 2. The fourth-order valence-electron chi connectivity index (χ4n) is 5.24. The van der Waals surface area contributed by atoms with Crippen LogP contribution in [0.3, 0.4) is 0 Å². The molecule has 0 saturated carbocycles. The molecule has 0 bridgehead atoms. The molecule has 0 aliphatic carbocycles. The van der Waals surface area contributed by atoms with Crippen molar-refractivity contribution in [3.05, 3.63) is 42.5 Å². The number of unbranched alkanes of at least 4 members (excludes halogenated alkanes) is 8. The Morgan fingerprint density at radius 1 is 0.872 bits per heavy atom. The van der Waals surface area contributed by atoms with E-state index in [4.69, 9.17) is 9.72 Å². The second-order valence-electron chi connectivity index (χ2n) is 10.5. The first-order valence-electron chi connectivity index (χ1n) is 14.7. The number of benzene rings is 2. The van der Waals surface area contributed by atoms with Crippen molar-refractivity contribution in [3.63, 3.8) is 0 Å². The van der Waals surface area contributed by atoms with E-state index in [1.807, 2.05) is 25.2 Å². The van der Waals surface area contributed by atoms with Gasteiger partial charge in [-0.3, -0.25) is 9.59 Å². The van der Waals surface area contributed by atoms with Gasteiger partial charge in [0.15, 0.2) is 11.3 Å². The number of hydrogen-bond donors (Lipinski definition) is 2. The number of rotatable bonds is 19. The Balaban J connectivity index is 1.26. The SMILES string of the molecule is CNC(CCCCNC(=O)CCCCCCCCCC[n+]1c2ccccc2nc2c(OC)cccc21)C(C)=O. The van der Waals surface area contributed by atoms with E-state index in [1.54, 1.807) is 14.0 Å². The number of nitrogens with zero attached hydrogens (tertiary/aromatic N) is 2. The van der Waals surface area contributed by atoms with Crippen LogP contribution in [-0.2, 0) is 16.1 Å². The molecule has 212 valence electrons. The zero-order valence-corrected chi connectivity index (χ0v) is 24.1. The van der Waals surface area contributed by atoms with Crippen LogP contribution in [0.1, 0.15) is 84.0 Å². The summed E-state index contributed by atoms with van der Waals surface area (Å²) in [6.07, 6.45) is 12.6. The molecule has 3 aromatic rings. The number of ether oxygens (including phenoxy) is 1. The van der Waals surface area contributed by atoms with Gasteiger partial charge in [0.1, 0.15) is 17.8 Å². The summed E-state index contributed by atoms with van der Waals surface area (Å²) in [5.74, 6) is 1.14. The summed E-state index contributed by atoms with van der Waals surface area (Å²) in [5.41, 5.74) is 4.19. The number of carbonyl (C=O) groups excluding carboxylic acids is 2. The maximum absolute atomic E-state index is 12.0. The van der Waals surface area contributed by atoms with Gasteiger partial charge in [0.05, 0.1) is 13.2 Å². The van der Waals surface area contributed by atoms with Crippen molar-refractivity contribution < 1.29 is 18.9 Å². The van der Waals surface area contributed by atoms with Gasteiger partial charge in [-0.15, -0.1) is 0 Å². The summed E-state index contributed by atoms with van der Waals surface area (Å²) in [6, 6.07) is 14.4. The number of nitrogens with one attached hydrogen (secondary N) is 2. The van der Waals surface area contributed by atoms with Crippen molar-refractivity contribution in [1.29, 1.82) is 0 Å². The number of Topliss-reactive ketones (excluding diaryl/α,β-unsaturated/α-hetero) is 1. The van der Waals surface area contributed by atoms with Crippen LogP contribution in [0, 0.1) is 0 Å². The van der Waals surface area contributed by atoms with Gasteiger partial charge in [-0.05, 0) is 58.2 Å². The van der Waals surface area contributed by atoms with Gasteiger partial charge in [0.25, 0.3) is 0 Å². The van der Waals surface area contributed by atoms with Gasteiger partial charge in [-0.25, -0.2) is 4.98 Å². The van der Waals surface area contributed by atoms with Crippen LogP contribution < -0.4 is 19.9 Å². The molecule has 0 spiro atoms. The van der Waals surface area contributed by atoms with E-state index in [0.29, 0.717) is 13.0 Å². The van der Waals surface area contributed by atoms with Crippen LogP contribution >= 0.6 is 0 Å². The second kappa shape index (κ2) is 16.8. The first-order valence-corrected chi connectivity index (χ1v) is 14.7. The smallest absolute Gasteiger partial charge is 0.235 e. The Morgan fingerprint density at radius 3 is 2.28 bits per heavy atom. The average Bonchev–Trinajstić information content (AvgIpc) is 2.94. The highest BCUT2D eigenvalue weighted by Crippen LogP contribution is 2.24. The summed E-state index contributed by atoms with van der Waals surface area (Å²) >= 11 is 0. The largest absolute Gasteiger partial charge is 0.494 e. The molecule has 2 aromatic carbocycles. The molecule has 39 heavy (non-hydrogen) atoms. The lowest BCUT2D eigenvalue weighted by molar-refractivity contribution is -0.646. The molecular formula is C32H47N4O3+. The predicted octanol–water partition coefficient (Wildman–Crippen LogP) is 5.66. The number of aryl methyl sites for hydroxylation is 1. The lowest BCUT2D eigenvalue weighted by atomic mass is 10.1. The quantitative estimate of drug-likeness (QED) is 0.118. The average molecular weight is 536 g/mol. The van der Waals surface area contributed by atoms with Crippen LogP contribution in [0.15, 0.2) is 42.5 Å². The molecule has 2 N–H and O–H groups in total. The number of carbonyl (C=O) groups is 2. The highest BCUT2D eigenvalue weighted by Gasteiger charge is 2.18. The molecule has 0 saturated heterocycles. The van der Waals surface area contributed by atoms with E-state index in [0.717, 1.165) is 72.9 Å². The number of aromatic nitrogens is 2. The molecule has 1 unspecified atom stereocenters. The van der Waals surface area contributed by atoms with Crippen molar-refractivity contribution in [2.45, 2.75) is 96.6 Å². The highest BCUT2D eigenvalue weighted by atomic mass is 16.5. The standard InChI is InChI=1S/C32H46N4O3/c1-25(37)26(33-2)17-13-14-23-34-31(38)22-10-8-6-4-5-7-9-15-24-36-28-19-12-11-18-27(28)35-32-29(36)20-16-21-30(32)39-3/h11-12,16,18-21,26,33H,4-10,13-15,17,22-24H2,1-3H3/p+1. The van der Waals surface area contributed by atoms with Crippen molar-refractivity contribution in [1.82, 2.24) is 15.6 Å². The number of para-hydroxylation sites is 3. The van der Waals surface area contributed by atoms with Crippen molar-refractivity contribution in [3.8, 4) is 5.75 Å². The number of hydrogen-bond acceptors (Lipinski definition) is 5. The number of likely N-dealkylation sites (N-methyl/N-ethyl adjacent to an activating group) is 1. The van der Waals surface area contributed by atoms with E-state index in [-0.39, 0.29) is 17.7 Å². The molecule has 0 fully saturated rings. The van der Waals surface area contributed by atoms with Gasteiger partial charge >= 0.3 is 0 Å². The molecule has 0 radical (unpaired) electrons. The van der Waals surface area contributed by atoms with E-state index in [9.17, 15) is 9.59 Å². The van der Waals surface area contributed by atoms with Gasteiger partial charge in [-0.1, -0.05) is 50.3 Å². The first-order chi connectivity index (χ1) is 19.0. The summed E-state index contributed by atoms with van der Waals surface area (Å²) in [5, 5.41) is 6.05. The summed E-state index contributed by atoms with van der Waals surface area (Å²) < 4.78 is 7.96. The predicted molar refractivity (Wildman–Crippen MR) is 158 cm³/mol. The Hall–Kier alpha value is -3.06. The van der Waals surface area contributed by atoms with Crippen molar-refractivity contribution in [2.75, 3.05) is 20.7 Å². The number of ketones is 1. The summed E-state index contributed by atoms with van der Waals surface area (Å²) in [7, 11) is 3.52. The van der Waals surface area contributed by atoms with Crippen molar-refractivity contribution in [2.24, 2.45) is 0 Å². The summed E-state index contributed by atoms with van der Waals surface area (Å²) in [4.78, 5) is 28.3. The molecule has 1 amide bonds. The zero-order chi connectivity index (χ0) is 27.9. The van der Waals surface area contributed by atoms with Crippen molar-refractivity contribution >= 4 is 33.8 Å². The Bertz CT molecular complexity index is 1200. The first kappa shape index (κ1) is 30.5. The molecule has 7 heteroatoms. The van der Waals surface area contributed by atoms with Crippen LogP contribution in [-0.4, -0.2) is 43.4 Å². The van der Waals surface area contributed by atoms with Crippen LogP contribution in [0.5, 0.6) is 5.75 Å². The van der Waals surface area contributed by atoms with E-state index in [2.05, 4.69) is 39.5 Å². The van der Waals surface area contributed by atoms with E-state index < -0.39 is 0 Å². The fourth-order valence-corrected chi connectivity index (χ4v) is 5.24. The van der Waals surface area contributed by atoms with Gasteiger partial charge in [0.2, 0.25) is 16.9 Å². The van der Waals surface area contributed by atoms with Crippen LogP contribution in [0.25, 0.3) is 22.1 Å². The molecular weight excluding hydrogens is 488 g/mol. The molecule has 3 rings (SSSR count). The fraction of sp³-hybridized carbons (Fsp3) is 0.562. The third-order valence-electron chi connectivity index (χ3n) is 7.51. The zero-order valence-electron chi connectivity index (χ0n) is 24.1. The highest BCUT2D eigenvalue weighted by molar-refractivity contribution is 5.85. The maximum Gasteiger partial charge on any atom is 0.235 e. The minimum Gasteiger partial charge on any atom is -0.494 e. The minimum atomic E-state index is -0.0636. The number of methoxy groups -OCH3 is 1. The molecule has 0 aliphatic rings. The Kier molecular flexibility index (Phi) is 13.1. The summed E-state index contributed by atoms with van der Waals surface area (Å²) in [6.45, 7) is 3.28. The van der Waals surface area contributed by atoms with Gasteiger partial charge < -0.3 is 15.4 Å². The topological polar surface area (TPSA) is 84.2 Å². The van der Waals surface area contributed by atoms with Gasteiger partial charge in [0, 0.05) is 31.5 Å². The molecule has 0 aliphatic heterocycles. The van der Waals surface area contributed by atoms with Crippen LogP contribution in [0.2, 0.25) is 0 Å². The van der Waals surface area contributed by atoms with E-state index >= 15 is 0 Å². The second-order valence-corrected chi connectivity index (χ2v) is 10.5. The van der Waals surface area contributed by atoms with Gasteiger partial charge in [-0.2, -0.15) is 4.57 Å². The van der Waals surface area contributed by atoms with E-state index in [1.165, 1.54) is 32.1 Å². The lowest BCUT2D eigenvalue weighted by Crippen LogP contribution is -2.36. The third kappa shape index (κ3) is 9.57.